The van der Waals surface area contributed by atoms with Crippen LogP contribution in [-0.2, 0) is 107 Å². The van der Waals surface area contributed by atoms with E-state index in [0.717, 1.165) is 36.1 Å². The molecule has 0 radical (unpaired) electrons. The number of amides is 17. The highest BCUT2D eigenvalue weighted by Gasteiger charge is 2.53. The Balaban J connectivity index is 1.11. The van der Waals surface area contributed by atoms with E-state index in [1.54, 1.807) is 73.8 Å². The average Bonchev–Trinajstić information content (AvgIpc) is 1.64. The Morgan fingerprint density at radius 2 is 1.14 bits per heavy atom. The highest BCUT2D eigenvalue weighted by Crippen LogP contribution is 2.35. The number of thiophene rings is 1. The Morgan fingerprint density at radius 3 is 1.79 bits per heavy atom. The Morgan fingerprint density at radius 1 is 0.562 bits per heavy atom. The average molecular weight is 1950 g/mol. The van der Waals surface area contributed by atoms with Crippen molar-refractivity contribution < 1.29 is 101 Å². The molecule has 45 heteroatoms. The fourth-order valence-electron chi connectivity index (χ4n) is 16.8. The maximum Gasteiger partial charge on any atom is 0.267 e. The molecule has 22 N–H and O–H groups in total. The molecule has 0 bridgehead atoms. The molecule has 17 amide bonds. The topological polar surface area (TPSA) is 613 Å². The van der Waals surface area contributed by atoms with Gasteiger partial charge in [0.15, 0.2) is 5.96 Å². The fourth-order valence-corrected chi connectivity index (χ4v) is 18.6. The Kier molecular flexibility index (Phi) is 39.6. The molecule has 3 fully saturated rings. The van der Waals surface area contributed by atoms with E-state index in [0.29, 0.717) is 69.3 Å². The van der Waals surface area contributed by atoms with Crippen molar-refractivity contribution in [2.24, 2.45) is 23.1 Å². The van der Waals surface area contributed by atoms with Crippen LogP contribution in [0, 0.1) is 11.3 Å². The summed E-state index contributed by atoms with van der Waals surface area (Å²) >= 11 is 2.07. The zero-order valence-electron chi connectivity index (χ0n) is 77.8. The minimum absolute atomic E-state index is 0.0219. The van der Waals surface area contributed by atoms with Crippen LogP contribution in [0.15, 0.2) is 103 Å². The molecule has 137 heavy (non-hydrogen) atoms. The van der Waals surface area contributed by atoms with Crippen molar-refractivity contribution in [3.63, 3.8) is 0 Å². The predicted octanol–water partition coefficient (Wildman–Crippen LogP) is -0.316. The first-order valence-corrected chi connectivity index (χ1v) is 47.7. The molecule has 0 spiro atoms. The summed E-state index contributed by atoms with van der Waals surface area (Å²) in [6.07, 6.45) is 0.691. The van der Waals surface area contributed by atoms with Crippen molar-refractivity contribution in [3.05, 3.63) is 125 Å². The van der Waals surface area contributed by atoms with Gasteiger partial charge in [-0.25, -0.2) is 8.78 Å². The first-order chi connectivity index (χ1) is 65.1. The van der Waals surface area contributed by atoms with Crippen LogP contribution in [-0.4, -0.2) is 307 Å². The van der Waals surface area contributed by atoms with Gasteiger partial charge in [0.2, 0.25) is 100 Å². The molecule has 744 valence electrons. The highest BCUT2D eigenvalue weighted by atomic mass is 32.2. The molecule has 0 aliphatic carbocycles. The van der Waals surface area contributed by atoms with Crippen LogP contribution >= 0.6 is 23.1 Å². The van der Waals surface area contributed by atoms with E-state index in [2.05, 4.69) is 68.5 Å². The van der Waals surface area contributed by atoms with E-state index in [4.69, 9.17) is 22.6 Å². The number of rotatable bonds is 26. The number of aromatic amines is 2. The lowest BCUT2D eigenvalue weighted by molar-refractivity contribution is -0.149. The van der Waals surface area contributed by atoms with E-state index < -0.39 is 253 Å². The van der Waals surface area contributed by atoms with Gasteiger partial charge in [0.25, 0.3) is 5.92 Å². The number of aromatic nitrogens is 2. The molecule has 0 unspecified atom stereocenters. The van der Waals surface area contributed by atoms with Gasteiger partial charge in [-0.1, -0.05) is 102 Å². The van der Waals surface area contributed by atoms with Crippen molar-refractivity contribution in [3.8, 4) is 5.75 Å². The number of unbranched alkanes of at least 4 members (excludes halogenated alkanes) is 2. The van der Waals surface area contributed by atoms with E-state index in [9.17, 15) is 53.4 Å². The number of hydrogen-bond donors (Lipinski definition) is 19. The van der Waals surface area contributed by atoms with Gasteiger partial charge in [-0.05, 0) is 122 Å². The van der Waals surface area contributed by atoms with Crippen molar-refractivity contribution in [1.29, 1.82) is 5.41 Å². The van der Waals surface area contributed by atoms with Gasteiger partial charge >= 0.3 is 0 Å². The van der Waals surface area contributed by atoms with E-state index in [-0.39, 0.29) is 83.0 Å². The van der Waals surface area contributed by atoms with E-state index >= 15 is 47.1 Å². The summed E-state index contributed by atoms with van der Waals surface area (Å²) in [4.78, 5) is 261. The van der Waals surface area contributed by atoms with Crippen LogP contribution in [0.25, 0.3) is 21.0 Å². The second kappa shape index (κ2) is 50.5. The summed E-state index contributed by atoms with van der Waals surface area (Å²) in [7, 11) is 3.85. The standard InChI is InChI=1S/C92H126F2N22O19S2/c1-9-11-25-69-83(128)104-60(24-18-34-100-91(97)98)79(124)111-68(78(123)102-44-75(96)120)47-136-48-76(121)103-64(37-52-29-31-56(118)32-30-52)86(131)112(6)51(5)77(122)107-66(41-74(95)119)88(133)115-35-19-27-70(115)84(129)106-62(40-55-20-17-33-99-55)81(126)108-63(36-50(3)4)89(134)116-49-92(93,94)42-72(116)85(130)105-61(38-53-43-101-59-23-15-13-21-57(53)59)80(125)110-67(45-117)82(127)109-65(39-54-46-137-73-28-16-14-22-58(54)73)87(132)114(8)71(26-12-10-2)90(135)113(69)7/h13-17,20-23,28-33,43,46,50-51,60-72,99,101,117-118H,9-12,18-19,24-27,34-42,44-45,47-49H2,1-8H3,(H2,95,119)(H2,96,120)(H,102,123)(H,103,121)(H,104,128)(H,105,130)(H,106,129)(H,107,122)(H,108,126)(H,109,127)(H,110,125)(H,111,124)(H4,97,98,100)/t51-,60-,61-,62-,63-,64-,65-,66-,67-,68-,69-,70-,71-,72-/m0/s1. The molecular weight excluding hydrogens is 1820 g/mol. The number of primary amides is 2. The monoisotopic (exact) mass is 1940 g/mol. The molecule has 14 atom stereocenters. The number of nitrogens with one attached hydrogen (secondary N) is 14. The molecule has 3 saturated heterocycles. The molecule has 3 aromatic carbocycles. The molecule has 3 aromatic heterocycles. The van der Waals surface area contributed by atoms with Crippen LogP contribution in [0.2, 0.25) is 0 Å². The second-order valence-corrected chi connectivity index (χ2v) is 37.1. The second-order valence-electron chi connectivity index (χ2n) is 35.1. The van der Waals surface area contributed by atoms with E-state index in [1.165, 1.54) is 76.1 Å². The summed E-state index contributed by atoms with van der Waals surface area (Å²) in [5.74, 6) is -23.2. The minimum atomic E-state index is -3.79. The number of H-pyrrole nitrogens is 2. The molecule has 3 aliphatic heterocycles. The predicted molar refractivity (Wildman–Crippen MR) is 504 cm³/mol. The third kappa shape index (κ3) is 30.1. The number of aliphatic hydroxyl groups is 1. The third-order valence-corrected chi connectivity index (χ3v) is 26.4. The molecule has 0 saturated carbocycles. The maximum absolute atomic E-state index is 16.4. The number of thioether (sulfide) groups is 1. The quantitative estimate of drug-likeness (QED) is 0.0188. The van der Waals surface area contributed by atoms with Gasteiger partial charge in [-0.15, -0.1) is 23.1 Å². The van der Waals surface area contributed by atoms with Crippen molar-refractivity contribution in [1.82, 2.24) is 93.0 Å². The van der Waals surface area contributed by atoms with Crippen molar-refractivity contribution in [2.75, 3.05) is 65.4 Å². The zero-order chi connectivity index (χ0) is 100. The lowest BCUT2D eigenvalue weighted by Gasteiger charge is -2.36. The number of para-hydroxylation sites is 1. The number of carbonyl (C=O) groups excluding carboxylic acids is 17. The van der Waals surface area contributed by atoms with Crippen LogP contribution in [0.3, 0.4) is 0 Å². The minimum Gasteiger partial charge on any atom is -0.508 e. The Bertz CT molecular complexity index is 5310. The van der Waals surface area contributed by atoms with Crippen LogP contribution in [0.4, 0.5) is 8.78 Å². The number of nitrogens with zero attached hydrogens (tertiary/aromatic N) is 5. The normalized spacial score (nSPS) is 24.4. The SMILES string of the molecule is CCCC[C@H]1C(=O)N(C)[C@@H](CCCC)C(=O)N[C@@H](CCCNC(=N)N)C(=O)N[C@H](C(=O)NCC(N)=O)CSCC(=O)N[C@@H](Cc2ccc(O)cc2)C(=O)N(C)[C@@H](C)C(=O)N[C@@H](CC(N)=O)C(=O)N2CCC[C@H]2C(=O)N[C@@H](Cc2ccc[nH]2)C(=O)N[C@@H](CC(C)C)C(=O)N2CC(F)(F)C[C@H]2C(=O)N[C@@H](Cc2c[nH]c3ccccc23)C(=O)N[C@@H](CO)C(=O)N[C@@H](Cc2csc3ccccc23)C(=O)N1C. The third-order valence-electron chi connectivity index (χ3n) is 24.3. The maximum atomic E-state index is 16.4. The van der Waals surface area contributed by atoms with Gasteiger partial charge in [-0.2, -0.15) is 0 Å². The molecule has 6 heterocycles. The van der Waals surface area contributed by atoms with Gasteiger partial charge in [0.1, 0.15) is 90.3 Å². The van der Waals surface area contributed by atoms with Gasteiger partial charge in [-0.3, -0.25) is 86.9 Å². The Labute approximate surface area is 798 Å². The van der Waals surface area contributed by atoms with Crippen molar-refractivity contribution in [2.45, 2.75) is 234 Å². The number of likely N-dealkylation sites (N-methyl/N-ethyl adjacent to an activating group) is 3. The number of halogens is 2. The van der Waals surface area contributed by atoms with Crippen LogP contribution < -0.4 is 75.7 Å². The Hall–Kier alpha value is -13.3. The zero-order valence-corrected chi connectivity index (χ0v) is 79.5. The number of aliphatic hydroxyl groups excluding tert-OH is 1. The number of phenols is 1. The van der Waals surface area contributed by atoms with Crippen LogP contribution in [0.1, 0.15) is 140 Å². The first kappa shape index (κ1) is 107. The number of guanidine groups is 1. The lowest BCUT2D eigenvalue weighted by atomic mass is 10.00. The number of aromatic hydroxyl groups is 1. The number of phenolic OH excluding ortho intramolecular Hbond substituents is 1. The number of hydrogen-bond acceptors (Lipinski definition) is 22. The molecule has 6 aromatic rings. The molecule has 41 nitrogen and oxygen atoms in total. The first-order valence-electron chi connectivity index (χ1n) is 45.6. The number of fused-ring (bicyclic) bond motifs is 4. The number of benzene rings is 3. The van der Waals surface area contributed by atoms with Gasteiger partial charge in [0, 0.05) is 106 Å². The number of carbonyl (C=O) groups is 17. The molecule has 9 rings (SSSR count). The van der Waals surface area contributed by atoms with E-state index in [1.807, 2.05) is 19.9 Å². The summed E-state index contributed by atoms with van der Waals surface area (Å²) in [6.45, 7) is 4.76. The molecular formula is C92H126F2N22O19S2. The van der Waals surface area contributed by atoms with Crippen molar-refractivity contribution >= 4 is 150 Å². The number of nitrogens with two attached hydrogens (primary N) is 3. The smallest absolute Gasteiger partial charge is 0.267 e. The lowest BCUT2D eigenvalue weighted by Crippen LogP contribution is -2.62. The van der Waals surface area contributed by atoms with Gasteiger partial charge in [0.05, 0.1) is 31.9 Å². The summed E-state index contributed by atoms with van der Waals surface area (Å²) in [6, 6.07) is -0.505. The highest BCUT2D eigenvalue weighted by molar-refractivity contribution is 8.00. The fraction of sp³-hybridized carbons (Fsp3) is 0.522. The summed E-state index contributed by atoms with van der Waals surface area (Å²) < 4.78 is 33.5. The summed E-state index contributed by atoms with van der Waals surface area (Å²) in [5, 5.41) is 60.8. The van der Waals surface area contributed by atoms with Crippen LogP contribution in [0.5, 0.6) is 5.75 Å². The van der Waals surface area contributed by atoms with Gasteiger partial charge < -0.3 is 120 Å². The molecule has 3 aliphatic rings. The summed E-state index contributed by atoms with van der Waals surface area (Å²) in [5.41, 5.74) is 19.0. The largest absolute Gasteiger partial charge is 0.508 e. The number of alkyl halides is 2.